The highest BCUT2D eigenvalue weighted by Gasteiger charge is 2.20. The molecule has 0 radical (unpaired) electrons. The van der Waals surface area contributed by atoms with E-state index in [1.54, 1.807) is 0 Å². The summed E-state index contributed by atoms with van der Waals surface area (Å²) in [5, 5.41) is 9.27. The number of aromatic nitrogens is 4. The summed E-state index contributed by atoms with van der Waals surface area (Å²) in [5.74, 6) is 0. The average Bonchev–Trinajstić information content (AvgIpc) is 3.35. The summed E-state index contributed by atoms with van der Waals surface area (Å²) in [6.45, 7) is 0. The Balaban J connectivity index is 1.06. The zero-order chi connectivity index (χ0) is 41.0. The van der Waals surface area contributed by atoms with E-state index in [1.807, 2.05) is 48.8 Å². The van der Waals surface area contributed by atoms with Crippen LogP contribution in [0.3, 0.4) is 0 Å². The SMILES string of the molecule is c1ccc(-c2cccc3c(-c4cccc5c(-c6nc7ccccc7nc6-c6cccc7c(-c8cccc9c(-c%10ccccn%10)cccc89)cccc67)cccc45)cccc23)nc1. The third-order valence-corrected chi connectivity index (χ3v) is 12.2. The minimum Gasteiger partial charge on any atom is -0.256 e. The first-order chi connectivity index (χ1) is 30.8. The molecule has 0 bridgehead atoms. The molecule has 0 atom stereocenters. The number of rotatable bonds is 6. The molecule has 0 aliphatic heterocycles. The molecule has 62 heavy (non-hydrogen) atoms. The normalized spacial score (nSPS) is 11.5. The summed E-state index contributed by atoms with van der Waals surface area (Å²) in [7, 11) is 0. The predicted molar refractivity (Wildman–Crippen MR) is 258 cm³/mol. The van der Waals surface area contributed by atoms with Crippen molar-refractivity contribution < 1.29 is 0 Å². The zero-order valence-corrected chi connectivity index (χ0v) is 33.6. The Morgan fingerprint density at radius 1 is 0.210 bits per heavy atom. The van der Waals surface area contributed by atoms with Crippen LogP contribution in [-0.2, 0) is 0 Å². The number of hydrogen-bond donors (Lipinski definition) is 0. The van der Waals surface area contributed by atoms with Crippen molar-refractivity contribution in [2.45, 2.75) is 0 Å². The van der Waals surface area contributed by atoms with Gasteiger partial charge in [-0.1, -0.05) is 170 Å². The zero-order valence-electron chi connectivity index (χ0n) is 33.6. The van der Waals surface area contributed by atoms with Crippen LogP contribution in [0.15, 0.2) is 219 Å². The van der Waals surface area contributed by atoms with E-state index in [0.29, 0.717) is 0 Å². The van der Waals surface area contributed by atoms with Gasteiger partial charge in [-0.2, -0.15) is 0 Å². The number of hydrogen-bond acceptors (Lipinski definition) is 4. The molecule has 0 saturated heterocycles. The lowest BCUT2D eigenvalue weighted by Crippen LogP contribution is -1.97. The maximum Gasteiger partial charge on any atom is 0.0979 e. The van der Waals surface area contributed by atoms with Crippen molar-refractivity contribution in [3.8, 4) is 67.3 Å². The lowest BCUT2D eigenvalue weighted by molar-refractivity contribution is 1.30. The van der Waals surface area contributed by atoms with E-state index in [-0.39, 0.29) is 0 Å². The van der Waals surface area contributed by atoms with E-state index < -0.39 is 0 Å². The van der Waals surface area contributed by atoms with Crippen LogP contribution in [0.25, 0.3) is 121 Å². The molecular weight excluding hydrogens is 753 g/mol. The van der Waals surface area contributed by atoms with E-state index in [4.69, 9.17) is 19.9 Å². The van der Waals surface area contributed by atoms with Crippen molar-refractivity contribution in [2.24, 2.45) is 0 Å². The number of para-hydroxylation sites is 2. The topological polar surface area (TPSA) is 51.6 Å². The molecule has 12 aromatic rings. The van der Waals surface area contributed by atoms with E-state index in [2.05, 4.69) is 170 Å². The van der Waals surface area contributed by atoms with Gasteiger partial charge in [0.15, 0.2) is 0 Å². The molecule has 0 aliphatic rings. The van der Waals surface area contributed by atoms with Crippen LogP contribution < -0.4 is 0 Å². The molecule has 3 heterocycles. The molecule has 0 saturated carbocycles. The Kier molecular flexibility index (Phi) is 8.46. The standard InChI is InChI=1S/C58H36N4/c1-2-34-56-55(33-1)61-57(51-29-13-21-43-39(17-9-25-47(43)51)37-15-7-23-45-41(37)19-11-27-49(45)53-31-3-5-35-59-53)58(62-56)52-30-14-22-44-40(18-10-26-48(44)52)38-16-8-24-46-42(38)20-12-28-50(46)54-32-4-6-36-60-54/h1-36H. The predicted octanol–water partition coefficient (Wildman–Crippen LogP) is 15.0. The molecular formula is C58H36N4. The molecule has 0 fully saturated rings. The van der Waals surface area contributed by atoms with Crippen molar-refractivity contribution in [1.29, 1.82) is 0 Å². The minimum absolute atomic E-state index is 0.852. The first-order valence-electron chi connectivity index (χ1n) is 21.0. The van der Waals surface area contributed by atoms with Crippen LogP contribution in [0.4, 0.5) is 0 Å². The van der Waals surface area contributed by atoms with Gasteiger partial charge in [-0.05, 0) is 102 Å². The summed E-state index contributed by atoms with van der Waals surface area (Å²) in [4.78, 5) is 20.3. The monoisotopic (exact) mass is 788 g/mol. The van der Waals surface area contributed by atoms with Crippen LogP contribution in [0.5, 0.6) is 0 Å². The van der Waals surface area contributed by atoms with Crippen molar-refractivity contribution in [3.63, 3.8) is 0 Å². The highest BCUT2D eigenvalue weighted by atomic mass is 14.8. The van der Waals surface area contributed by atoms with E-state index >= 15 is 0 Å². The Morgan fingerprint density at radius 3 is 0.806 bits per heavy atom. The fourth-order valence-electron chi connectivity index (χ4n) is 9.46. The lowest BCUT2D eigenvalue weighted by Gasteiger charge is -2.17. The van der Waals surface area contributed by atoms with Crippen molar-refractivity contribution >= 4 is 54.1 Å². The van der Waals surface area contributed by atoms with Crippen LogP contribution >= 0.6 is 0 Å². The molecule has 9 aromatic carbocycles. The van der Waals surface area contributed by atoms with Gasteiger partial charge in [0.1, 0.15) is 0 Å². The summed E-state index contributed by atoms with van der Waals surface area (Å²) in [5.41, 5.74) is 14.3. The van der Waals surface area contributed by atoms with Crippen LogP contribution in [0, 0.1) is 0 Å². The second-order valence-corrected chi connectivity index (χ2v) is 15.7. The number of fused-ring (bicyclic) bond motifs is 5. The van der Waals surface area contributed by atoms with Gasteiger partial charge in [0.05, 0.1) is 33.8 Å². The van der Waals surface area contributed by atoms with Crippen LogP contribution in [-0.4, -0.2) is 19.9 Å². The third-order valence-electron chi connectivity index (χ3n) is 12.2. The first kappa shape index (κ1) is 35.6. The summed E-state index contributed by atoms with van der Waals surface area (Å²) in [6.07, 6.45) is 3.71. The third kappa shape index (κ3) is 5.84. The average molecular weight is 789 g/mol. The van der Waals surface area contributed by atoms with Crippen LogP contribution in [0.1, 0.15) is 0 Å². The molecule has 4 heteroatoms. The fraction of sp³-hybridized carbons (Fsp3) is 0. The molecule has 0 spiro atoms. The number of benzene rings is 9. The molecule has 288 valence electrons. The highest BCUT2D eigenvalue weighted by Crippen LogP contribution is 2.44. The van der Waals surface area contributed by atoms with E-state index in [1.165, 1.54) is 43.8 Å². The molecule has 0 amide bonds. The number of nitrogens with zero attached hydrogens (tertiary/aromatic N) is 4. The lowest BCUT2D eigenvalue weighted by atomic mass is 9.88. The van der Waals surface area contributed by atoms with E-state index in [0.717, 1.165) is 77.6 Å². The molecule has 0 aliphatic carbocycles. The minimum atomic E-state index is 0.852. The Hall–Kier alpha value is -8.34. The number of pyridine rings is 2. The fourth-order valence-corrected chi connectivity index (χ4v) is 9.46. The first-order valence-corrected chi connectivity index (χ1v) is 21.0. The maximum atomic E-state index is 5.46. The van der Waals surface area contributed by atoms with Crippen LogP contribution in [0.2, 0.25) is 0 Å². The van der Waals surface area contributed by atoms with Crippen molar-refractivity contribution in [1.82, 2.24) is 19.9 Å². The Labute approximate surface area is 358 Å². The smallest absolute Gasteiger partial charge is 0.0979 e. The van der Waals surface area contributed by atoms with Gasteiger partial charge in [-0.3, -0.25) is 9.97 Å². The Bertz CT molecular complexity index is 3450. The summed E-state index contributed by atoms with van der Waals surface area (Å²) >= 11 is 0. The van der Waals surface area contributed by atoms with Crippen molar-refractivity contribution in [3.05, 3.63) is 219 Å². The molecule has 3 aromatic heterocycles. The van der Waals surface area contributed by atoms with Gasteiger partial charge in [-0.15, -0.1) is 0 Å². The Morgan fingerprint density at radius 2 is 0.484 bits per heavy atom. The molecule has 0 unspecified atom stereocenters. The largest absolute Gasteiger partial charge is 0.256 e. The molecule has 4 nitrogen and oxygen atoms in total. The van der Waals surface area contributed by atoms with Gasteiger partial charge in [0.2, 0.25) is 0 Å². The molecule has 0 N–H and O–H groups in total. The second-order valence-electron chi connectivity index (χ2n) is 15.7. The quantitative estimate of drug-likeness (QED) is 0.168. The second kappa shape index (κ2) is 14.7. The highest BCUT2D eigenvalue weighted by molar-refractivity contribution is 6.14. The summed E-state index contributed by atoms with van der Waals surface area (Å²) in [6, 6.07) is 73.0. The van der Waals surface area contributed by atoms with Gasteiger partial charge in [-0.25, -0.2) is 9.97 Å². The van der Waals surface area contributed by atoms with Gasteiger partial charge in [0, 0.05) is 34.6 Å². The van der Waals surface area contributed by atoms with Gasteiger partial charge >= 0.3 is 0 Å². The van der Waals surface area contributed by atoms with Gasteiger partial charge < -0.3 is 0 Å². The van der Waals surface area contributed by atoms with E-state index in [9.17, 15) is 0 Å². The summed E-state index contributed by atoms with van der Waals surface area (Å²) < 4.78 is 0. The maximum absolute atomic E-state index is 5.46. The molecule has 12 rings (SSSR count). The van der Waals surface area contributed by atoms with Crippen molar-refractivity contribution in [2.75, 3.05) is 0 Å². The van der Waals surface area contributed by atoms with Gasteiger partial charge in [0.25, 0.3) is 0 Å².